The van der Waals surface area contributed by atoms with Gasteiger partial charge in [0.25, 0.3) is 0 Å². The second-order valence-corrected chi connectivity index (χ2v) is 6.55. The Balaban J connectivity index is 1.86. The van der Waals surface area contributed by atoms with Crippen LogP contribution >= 0.6 is 22.6 Å². The third-order valence-electron chi connectivity index (χ3n) is 3.64. The van der Waals surface area contributed by atoms with Crippen LogP contribution in [0.5, 0.6) is 11.5 Å². The first-order valence-electron chi connectivity index (χ1n) is 7.46. The standard InChI is InChI=1S/C18H16INO4/c1-11-9-16(14-8-7-12(22-2)10-17(14)23-11)20-24-18(21)13-5-3-4-6-15(13)19/h3-8,10-11H,9H2,1-2H3/b20-16+/t11-/m1/s1. The maximum Gasteiger partial charge on any atom is 0.366 e. The van der Waals surface area contributed by atoms with E-state index in [1.54, 1.807) is 19.2 Å². The van der Waals surface area contributed by atoms with Gasteiger partial charge in [0.1, 0.15) is 17.6 Å². The van der Waals surface area contributed by atoms with Gasteiger partial charge in [0.15, 0.2) is 0 Å². The molecule has 0 saturated carbocycles. The summed E-state index contributed by atoms with van der Waals surface area (Å²) < 4.78 is 11.9. The zero-order chi connectivity index (χ0) is 17.1. The third-order valence-corrected chi connectivity index (χ3v) is 4.58. The number of ether oxygens (including phenoxy) is 2. The van der Waals surface area contributed by atoms with Crippen LogP contribution in [-0.4, -0.2) is 24.9 Å². The van der Waals surface area contributed by atoms with Gasteiger partial charge in [0, 0.05) is 21.6 Å². The van der Waals surface area contributed by atoms with Crippen molar-refractivity contribution in [3.63, 3.8) is 0 Å². The molecule has 0 spiro atoms. The highest BCUT2D eigenvalue weighted by molar-refractivity contribution is 14.1. The monoisotopic (exact) mass is 437 g/mol. The number of oxime groups is 1. The van der Waals surface area contributed by atoms with Crippen molar-refractivity contribution in [1.82, 2.24) is 0 Å². The van der Waals surface area contributed by atoms with E-state index in [1.807, 2.05) is 37.3 Å². The summed E-state index contributed by atoms with van der Waals surface area (Å²) in [4.78, 5) is 17.4. The van der Waals surface area contributed by atoms with Crippen molar-refractivity contribution in [1.29, 1.82) is 0 Å². The fraction of sp³-hybridized carbons (Fsp3) is 0.222. The molecule has 6 heteroatoms. The number of benzene rings is 2. The van der Waals surface area contributed by atoms with E-state index in [0.29, 0.717) is 29.2 Å². The Morgan fingerprint density at radius 2 is 2.08 bits per heavy atom. The van der Waals surface area contributed by atoms with Gasteiger partial charge in [-0.1, -0.05) is 17.3 Å². The minimum Gasteiger partial charge on any atom is -0.497 e. The lowest BCUT2D eigenvalue weighted by Crippen LogP contribution is -2.25. The van der Waals surface area contributed by atoms with Crippen molar-refractivity contribution in [3.05, 3.63) is 57.2 Å². The first-order chi connectivity index (χ1) is 11.6. The highest BCUT2D eigenvalue weighted by atomic mass is 127. The molecule has 0 N–H and O–H groups in total. The number of carbonyl (C=O) groups is 1. The number of halogens is 1. The molecule has 0 radical (unpaired) electrons. The maximum atomic E-state index is 12.2. The van der Waals surface area contributed by atoms with E-state index in [1.165, 1.54) is 0 Å². The van der Waals surface area contributed by atoms with Crippen LogP contribution in [0.1, 0.15) is 29.3 Å². The largest absolute Gasteiger partial charge is 0.497 e. The molecule has 1 aliphatic heterocycles. The summed E-state index contributed by atoms with van der Waals surface area (Å²) in [5.41, 5.74) is 1.99. The van der Waals surface area contributed by atoms with Gasteiger partial charge in [-0.3, -0.25) is 0 Å². The van der Waals surface area contributed by atoms with Crippen LogP contribution in [0, 0.1) is 3.57 Å². The third kappa shape index (κ3) is 3.53. The number of rotatable bonds is 3. The number of hydrogen-bond acceptors (Lipinski definition) is 5. The fourth-order valence-corrected chi connectivity index (χ4v) is 3.07. The number of fused-ring (bicyclic) bond motifs is 1. The summed E-state index contributed by atoms with van der Waals surface area (Å²) in [5, 5.41) is 4.09. The van der Waals surface area contributed by atoms with Gasteiger partial charge in [-0.05, 0) is 53.8 Å². The van der Waals surface area contributed by atoms with Crippen molar-refractivity contribution >= 4 is 34.3 Å². The van der Waals surface area contributed by atoms with Crippen LogP contribution in [0.4, 0.5) is 0 Å². The van der Waals surface area contributed by atoms with E-state index >= 15 is 0 Å². The Bertz CT molecular complexity index is 803. The molecule has 24 heavy (non-hydrogen) atoms. The lowest BCUT2D eigenvalue weighted by Gasteiger charge is -2.24. The zero-order valence-electron chi connectivity index (χ0n) is 13.3. The molecule has 0 bridgehead atoms. The molecule has 0 fully saturated rings. The molecule has 1 atom stereocenters. The van der Waals surface area contributed by atoms with Crippen molar-refractivity contribution in [2.45, 2.75) is 19.4 Å². The van der Waals surface area contributed by atoms with Gasteiger partial charge < -0.3 is 14.3 Å². The second kappa shape index (κ2) is 7.21. The molecule has 2 aromatic rings. The van der Waals surface area contributed by atoms with Gasteiger partial charge >= 0.3 is 5.97 Å². The van der Waals surface area contributed by atoms with E-state index in [9.17, 15) is 4.79 Å². The lowest BCUT2D eigenvalue weighted by molar-refractivity contribution is 0.0512. The molecule has 5 nitrogen and oxygen atoms in total. The van der Waals surface area contributed by atoms with Gasteiger partial charge in [-0.2, -0.15) is 0 Å². The quantitative estimate of drug-likeness (QED) is 0.414. The average Bonchev–Trinajstić information content (AvgIpc) is 2.59. The van der Waals surface area contributed by atoms with Gasteiger partial charge in [0.2, 0.25) is 0 Å². The highest BCUT2D eigenvalue weighted by Crippen LogP contribution is 2.31. The lowest BCUT2D eigenvalue weighted by atomic mass is 10.0. The van der Waals surface area contributed by atoms with E-state index in [2.05, 4.69) is 27.7 Å². The first-order valence-corrected chi connectivity index (χ1v) is 8.54. The minimum absolute atomic E-state index is 0.0566. The maximum absolute atomic E-state index is 12.2. The van der Waals surface area contributed by atoms with E-state index < -0.39 is 5.97 Å². The number of hydrogen-bond donors (Lipinski definition) is 0. The molecule has 2 aromatic carbocycles. The molecule has 1 aliphatic rings. The molecule has 0 unspecified atom stereocenters. The number of nitrogens with zero attached hydrogens (tertiary/aromatic N) is 1. The predicted molar refractivity (Wildman–Crippen MR) is 98.8 cm³/mol. The Labute approximate surface area is 153 Å². The smallest absolute Gasteiger partial charge is 0.366 e. The van der Waals surface area contributed by atoms with E-state index in [4.69, 9.17) is 14.3 Å². The van der Waals surface area contributed by atoms with Crippen molar-refractivity contribution in [2.75, 3.05) is 7.11 Å². The minimum atomic E-state index is -0.471. The van der Waals surface area contributed by atoms with Gasteiger partial charge in [0.05, 0.1) is 18.4 Å². The van der Waals surface area contributed by atoms with Crippen molar-refractivity contribution in [3.8, 4) is 11.5 Å². The molecule has 0 aliphatic carbocycles. The fourth-order valence-electron chi connectivity index (χ4n) is 2.47. The highest BCUT2D eigenvalue weighted by Gasteiger charge is 2.24. The Kier molecular flexibility index (Phi) is 5.03. The van der Waals surface area contributed by atoms with Crippen LogP contribution in [0.3, 0.4) is 0 Å². The first kappa shape index (κ1) is 16.8. The second-order valence-electron chi connectivity index (χ2n) is 5.39. The van der Waals surface area contributed by atoms with Crippen LogP contribution in [-0.2, 0) is 4.84 Å². The molecule has 124 valence electrons. The SMILES string of the molecule is COc1ccc2c(c1)O[C@H](C)C/C2=N\OC(=O)c1ccccc1I. The molecular weight excluding hydrogens is 421 g/mol. The van der Waals surface area contributed by atoms with Crippen LogP contribution < -0.4 is 9.47 Å². The summed E-state index contributed by atoms with van der Waals surface area (Å²) in [6.45, 7) is 1.94. The number of carbonyl (C=O) groups excluding carboxylic acids is 1. The number of methoxy groups -OCH3 is 1. The molecule has 1 heterocycles. The molecule has 3 rings (SSSR count). The van der Waals surface area contributed by atoms with Crippen LogP contribution in [0.25, 0.3) is 0 Å². The van der Waals surface area contributed by atoms with Crippen LogP contribution in [0.2, 0.25) is 0 Å². The zero-order valence-corrected chi connectivity index (χ0v) is 15.4. The topological polar surface area (TPSA) is 57.1 Å². The Hall–Kier alpha value is -2.09. The predicted octanol–water partition coefficient (Wildman–Crippen LogP) is 4.03. The Morgan fingerprint density at radius 3 is 2.83 bits per heavy atom. The van der Waals surface area contributed by atoms with Gasteiger partial charge in [-0.25, -0.2) is 4.79 Å². The summed E-state index contributed by atoms with van der Waals surface area (Å²) in [7, 11) is 1.60. The summed E-state index contributed by atoms with van der Waals surface area (Å²) >= 11 is 2.10. The Morgan fingerprint density at radius 1 is 1.29 bits per heavy atom. The van der Waals surface area contributed by atoms with Gasteiger partial charge in [-0.15, -0.1) is 0 Å². The van der Waals surface area contributed by atoms with Crippen molar-refractivity contribution in [2.24, 2.45) is 5.16 Å². The summed E-state index contributed by atoms with van der Waals surface area (Å²) in [6, 6.07) is 12.7. The van der Waals surface area contributed by atoms with Crippen LogP contribution in [0.15, 0.2) is 47.6 Å². The molecule has 0 saturated heterocycles. The van der Waals surface area contributed by atoms with E-state index in [0.717, 1.165) is 9.13 Å². The molecule has 0 amide bonds. The normalized spacial score (nSPS) is 17.8. The van der Waals surface area contributed by atoms with E-state index in [-0.39, 0.29) is 6.10 Å². The van der Waals surface area contributed by atoms with Crippen molar-refractivity contribution < 1.29 is 19.1 Å². The molecular formula is C18H16INO4. The average molecular weight is 437 g/mol. The molecule has 0 aromatic heterocycles. The summed E-state index contributed by atoms with van der Waals surface area (Å²) in [5.74, 6) is 0.914. The summed E-state index contributed by atoms with van der Waals surface area (Å²) in [6.07, 6.45) is 0.511.